The van der Waals surface area contributed by atoms with E-state index in [0.29, 0.717) is 6.54 Å². The Hall–Kier alpha value is -1.40. The van der Waals surface area contributed by atoms with E-state index in [-0.39, 0.29) is 17.5 Å². The summed E-state index contributed by atoms with van der Waals surface area (Å²) in [4.78, 5) is 7.14. The van der Waals surface area contributed by atoms with Crippen molar-refractivity contribution in [1.29, 1.82) is 0 Å². The maximum atomic E-state index is 11.8. The molecule has 0 radical (unpaired) electrons. The molecule has 5 nitrogen and oxygen atoms in total. The highest BCUT2D eigenvalue weighted by Gasteiger charge is 2.30. The standard InChI is InChI=1S/C17H25N3O2S/c1-3-20-15-9-6-5-8-14(15)18-17(20)16-10-7-11-19(16)12-13-23(21,22)4-2/h5-6,8-9,16H,3-4,7,10-13H2,1-2H3. The number of aryl methyl sites for hydroxylation is 1. The smallest absolute Gasteiger partial charge is 0.151 e. The van der Waals surface area contributed by atoms with Gasteiger partial charge in [0.1, 0.15) is 5.82 Å². The molecular weight excluding hydrogens is 310 g/mol. The van der Waals surface area contributed by atoms with Crippen LogP contribution in [0, 0.1) is 0 Å². The second kappa shape index (κ2) is 6.61. The summed E-state index contributed by atoms with van der Waals surface area (Å²) in [7, 11) is -2.92. The number of sulfone groups is 1. The van der Waals surface area contributed by atoms with Crippen LogP contribution < -0.4 is 0 Å². The second-order valence-electron chi connectivity index (χ2n) is 6.13. The molecule has 1 unspecified atom stereocenters. The molecule has 1 aromatic heterocycles. The minimum absolute atomic E-state index is 0.221. The molecule has 0 aliphatic carbocycles. The molecular formula is C17H25N3O2S. The summed E-state index contributed by atoms with van der Waals surface area (Å²) >= 11 is 0. The monoisotopic (exact) mass is 335 g/mol. The van der Waals surface area contributed by atoms with E-state index in [1.807, 2.05) is 18.2 Å². The summed E-state index contributed by atoms with van der Waals surface area (Å²) in [6, 6.07) is 8.44. The van der Waals surface area contributed by atoms with Gasteiger partial charge in [-0.3, -0.25) is 4.90 Å². The Balaban J connectivity index is 1.88. The van der Waals surface area contributed by atoms with Gasteiger partial charge < -0.3 is 4.57 Å². The molecule has 0 spiro atoms. The van der Waals surface area contributed by atoms with Crippen LogP contribution in [0.15, 0.2) is 24.3 Å². The first kappa shape index (κ1) is 16.5. The number of aromatic nitrogens is 2. The zero-order valence-electron chi connectivity index (χ0n) is 13.9. The zero-order valence-corrected chi connectivity index (χ0v) is 14.7. The third kappa shape index (κ3) is 3.28. The third-order valence-electron chi connectivity index (χ3n) is 4.79. The molecule has 0 saturated carbocycles. The van der Waals surface area contributed by atoms with Crippen LogP contribution in [-0.2, 0) is 16.4 Å². The first-order valence-electron chi connectivity index (χ1n) is 8.45. The second-order valence-corrected chi connectivity index (χ2v) is 8.61. The van der Waals surface area contributed by atoms with Crippen LogP contribution in [0.2, 0.25) is 0 Å². The van der Waals surface area contributed by atoms with Crippen LogP contribution in [0.3, 0.4) is 0 Å². The summed E-state index contributed by atoms with van der Waals surface area (Å²) < 4.78 is 25.9. The number of imidazole rings is 1. The highest BCUT2D eigenvalue weighted by atomic mass is 32.2. The summed E-state index contributed by atoms with van der Waals surface area (Å²) in [5, 5.41) is 0. The van der Waals surface area contributed by atoms with E-state index in [1.54, 1.807) is 6.92 Å². The summed E-state index contributed by atoms with van der Waals surface area (Å²) in [5.41, 5.74) is 2.19. The fourth-order valence-corrected chi connectivity index (χ4v) is 4.27. The van der Waals surface area contributed by atoms with Gasteiger partial charge >= 0.3 is 0 Å². The van der Waals surface area contributed by atoms with E-state index < -0.39 is 9.84 Å². The van der Waals surface area contributed by atoms with Crippen LogP contribution in [0.4, 0.5) is 0 Å². The van der Waals surface area contributed by atoms with Crippen molar-refractivity contribution in [3.05, 3.63) is 30.1 Å². The van der Waals surface area contributed by atoms with Crippen molar-refractivity contribution in [3.63, 3.8) is 0 Å². The minimum atomic E-state index is -2.92. The number of likely N-dealkylation sites (tertiary alicyclic amines) is 1. The lowest BCUT2D eigenvalue weighted by Gasteiger charge is -2.24. The van der Waals surface area contributed by atoms with Crippen molar-refractivity contribution in [3.8, 4) is 0 Å². The molecule has 2 heterocycles. The van der Waals surface area contributed by atoms with Crippen LogP contribution in [0.5, 0.6) is 0 Å². The number of para-hydroxylation sites is 2. The van der Waals surface area contributed by atoms with Gasteiger partial charge in [0.2, 0.25) is 0 Å². The highest BCUT2D eigenvalue weighted by Crippen LogP contribution is 2.33. The predicted octanol–water partition coefficient (Wildman–Crippen LogP) is 2.63. The molecule has 126 valence electrons. The number of rotatable bonds is 6. The lowest BCUT2D eigenvalue weighted by molar-refractivity contribution is 0.258. The van der Waals surface area contributed by atoms with Crippen molar-refractivity contribution in [1.82, 2.24) is 14.5 Å². The molecule has 2 aromatic rings. The fraction of sp³-hybridized carbons (Fsp3) is 0.588. The van der Waals surface area contributed by atoms with Crippen molar-refractivity contribution in [2.24, 2.45) is 0 Å². The Morgan fingerprint density at radius 2 is 2.04 bits per heavy atom. The Labute approximate surface area is 138 Å². The lowest BCUT2D eigenvalue weighted by Crippen LogP contribution is -2.31. The zero-order chi connectivity index (χ0) is 16.4. The van der Waals surface area contributed by atoms with Gasteiger partial charge in [-0.2, -0.15) is 0 Å². The molecule has 23 heavy (non-hydrogen) atoms. The average Bonchev–Trinajstić information content (AvgIpc) is 3.16. The van der Waals surface area contributed by atoms with Gasteiger partial charge in [0.15, 0.2) is 9.84 Å². The average molecular weight is 335 g/mol. The molecule has 1 aromatic carbocycles. The molecule has 1 aliphatic rings. The number of hydrogen-bond donors (Lipinski definition) is 0. The molecule has 0 amide bonds. The molecule has 1 aliphatic heterocycles. The number of hydrogen-bond acceptors (Lipinski definition) is 4. The molecule has 1 saturated heterocycles. The van der Waals surface area contributed by atoms with Crippen molar-refractivity contribution >= 4 is 20.9 Å². The first-order chi connectivity index (χ1) is 11.1. The Bertz CT molecular complexity index is 782. The van der Waals surface area contributed by atoms with Gasteiger partial charge in [-0.25, -0.2) is 13.4 Å². The maximum absolute atomic E-state index is 11.8. The minimum Gasteiger partial charge on any atom is -0.327 e. The molecule has 3 rings (SSSR count). The molecule has 1 atom stereocenters. The van der Waals surface area contributed by atoms with Gasteiger partial charge in [-0.05, 0) is 38.4 Å². The topological polar surface area (TPSA) is 55.2 Å². The van der Waals surface area contributed by atoms with E-state index in [9.17, 15) is 8.42 Å². The van der Waals surface area contributed by atoms with Gasteiger partial charge in [0, 0.05) is 18.8 Å². The third-order valence-corrected chi connectivity index (χ3v) is 6.48. The molecule has 1 fully saturated rings. The Morgan fingerprint density at radius 3 is 2.78 bits per heavy atom. The summed E-state index contributed by atoms with van der Waals surface area (Å²) in [5.74, 6) is 1.55. The number of nitrogens with zero attached hydrogens (tertiary/aromatic N) is 3. The van der Waals surface area contributed by atoms with Crippen molar-refractivity contribution < 1.29 is 8.42 Å². The first-order valence-corrected chi connectivity index (χ1v) is 10.3. The largest absolute Gasteiger partial charge is 0.327 e. The van der Waals surface area contributed by atoms with Gasteiger partial charge in [0.05, 0.1) is 22.8 Å². The van der Waals surface area contributed by atoms with E-state index >= 15 is 0 Å². The van der Waals surface area contributed by atoms with Crippen molar-refractivity contribution in [2.45, 2.75) is 39.3 Å². The van der Waals surface area contributed by atoms with E-state index in [2.05, 4.69) is 22.5 Å². The summed E-state index contributed by atoms with van der Waals surface area (Å²) in [6.07, 6.45) is 2.15. The maximum Gasteiger partial charge on any atom is 0.151 e. The number of fused-ring (bicyclic) bond motifs is 1. The molecule has 0 N–H and O–H groups in total. The predicted molar refractivity (Wildman–Crippen MR) is 93.3 cm³/mol. The van der Waals surface area contributed by atoms with E-state index in [4.69, 9.17) is 4.98 Å². The lowest BCUT2D eigenvalue weighted by atomic mass is 10.2. The van der Waals surface area contributed by atoms with E-state index in [0.717, 1.165) is 42.8 Å². The molecule has 0 bridgehead atoms. The summed E-state index contributed by atoms with van der Waals surface area (Å²) in [6.45, 7) is 6.30. The normalized spacial score (nSPS) is 19.7. The van der Waals surface area contributed by atoms with Crippen LogP contribution in [-0.4, -0.2) is 47.5 Å². The van der Waals surface area contributed by atoms with Gasteiger partial charge in [-0.1, -0.05) is 19.1 Å². The van der Waals surface area contributed by atoms with E-state index in [1.165, 1.54) is 0 Å². The SMILES string of the molecule is CCn1c(C2CCCN2CCS(=O)(=O)CC)nc2ccccc21. The van der Waals surface area contributed by atoms with Crippen molar-refractivity contribution in [2.75, 3.05) is 24.6 Å². The molecule has 6 heteroatoms. The Kier molecular flexibility index (Phi) is 4.73. The quantitative estimate of drug-likeness (QED) is 0.814. The number of benzene rings is 1. The van der Waals surface area contributed by atoms with Crippen LogP contribution >= 0.6 is 0 Å². The van der Waals surface area contributed by atoms with Gasteiger partial charge in [-0.15, -0.1) is 0 Å². The van der Waals surface area contributed by atoms with Crippen LogP contribution in [0.1, 0.15) is 38.6 Å². The van der Waals surface area contributed by atoms with Gasteiger partial charge in [0.25, 0.3) is 0 Å². The Morgan fingerprint density at radius 1 is 1.26 bits per heavy atom. The highest BCUT2D eigenvalue weighted by molar-refractivity contribution is 7.91. The fourth-order valence-electron chi connectivity index (χ4n) is 3.47. The van der Waals surface area contributed by atoms with Crippen LogP contribution in [0.25, 0.3) is 11.0 Å².